The van der Waals surface area contributed by atoms with Crippen LogP contribution in [0.1, 0.15) is 23.1 Å². The maximum Gasteiger partial charge on any atom is 0.416 e. The zero-order chi connectivity index (χ0) is 21.7. The summed E-state index contributed by atoms with van der Waals surface area (Å²) < 4.78 is 56.2. The van der Waals surface area contributed by atoms with E-state index in [-0.39, 0.29) is 31.4 Å². The van der Waals surface area contributed by atoms with Gasteiger partial charge in [-0.25, -0.2) is 4.39 Å². The molecule has 1 atom stereocenters. The summed E-state index contributed by atoms with van der Waals surface area (Å²) in [5.41, 5.74) is 1.15. The predicted octanol–water partition coefficient (Wildman–Crippen LogP) is 4.01. The highest BCUT2D eigenvalue weighted by Crippen LogP contribution is 2.29. The summed E-state index contributed by atoms with van der Waals surface area (Å²) in [7, 11) is 1.38. The molecule has 0 N–H and O–H groups in total. The molecule has 1 aliphatic rings. The summed E-state index contributed by atoms with van der Waals surface area (Å²) in [6, 6.07) is 10.5. The van der Waals surface area contributed by atoms with E-state index in [1.807, 2.05) is 0 Å². The minimum atomic E-state index is -4.42. The summed E-state index contributed by atoms with van der Waals surface area (Å²) in [6.45, 7) is 0.114. The third-order valence-corrected chi connectivity index (χ3v) is 4.61. The third kappa shape index (κ3) is 5.56. The van der Waals surface area contributed by atoms with E-state index in [9.17, 15) is 22.4 Å². The van der Waals surface area contributed by atoms with Crippen LogP contribution in [0, 0.1) is 5.82 Å². The van der Waals surface area contributed by atoms with Gasteiger partial charge in [-0.3, -0.25) is 4.79 Å². The number of carbonyl (C=O) groups excluding carboxylic acids is 1. The van der Waals surface area contributed by atoms with Crippen molar-refractivity contribution >= 4 is 11.6 Å². The van der Waals surface area contributed by atoms with Crippen LogP contribution in [0.4, 0.5) is 17.6 Å². The van der Waals surface area contributed by atoms with E-state index < -0.39 is 17.8 Å². The number of rotatable bonds is 7. The summed E-state index contributed by atoms with van der Waals surface area (Å²) >= 11 is 0. The minimum Gasteiger partial charge on any atom is -0.390 e. The molecule has 1 aliphatic heterocycles. The van der Waals surface area contributed by atoms with Gasteiger partial charge in [0.1, 0.15) is 12.4 Å². The number of nitrogens with zero attached hydrogens (tertiary/aromatic N) is 2. The minimum absolute atomic E-state index is 0.103. The van der Waals surface area contributed by atoms with Gasteiger partial charge in [-0.1, -0.05) is 29.4 Å². The Kier molecular flexibility index (Phi) is 6.71. The van der Waals surface area contributed by atoms with Gasteiger partial charge in [0.2, 0.25) is 5.91 Å². The number of alkyl halides is 3. The Morgan fingerprint density at radius 1 is 1.17 bits per heavy atom. The molecule has 1 heterocycles. The molecule has 5 nitrogen and oxygen atoms in total. The van der Waals surface area contributed by atoms with Crippen LogP contribution in [-0.4, -0.2) is 42.9 Å². The maximum absolute atomic E-state index is 13.1. The number of halogens is 4. The fraction of sp³-hybridized carbons (Fsp3) is 0.333. The smallest absolute Gasteiger partial charge is 0.390 e. The second kappa shape index (κ2) is 9.25. The van der Waals surface area contributed by atoms with Crippen molar-refractivity contribution in [3.05, 3.63) is 71.0 Å². The number of hydrogen-bond acceptors (Lipinski definition) is 4. The lowest BCUT2D eigenvalue weighted by atomic mass is 10.0. The molecular formula is C21H20F4N2O3. The average Bonchev–Trinajstić information content (AvgIpc) is 3.16. The van der Waals surface area contributed by atoms with Gasteiger partial charge in [0.25, 0.3) is 0 Å². The number of hydrogen-bond donors (Lipinski definition) is 0. The first-order valence-corrected chi connectivity index (χ1v) is 9.17. The third-order valence-electron chi connectivity index (χ3n) is 4.61. The van der Waals surface area contributed by atoms with Gasteiger partial charge in [0.15, 0.2) is 6.10 Å². The Balaban J connectivity index is 1.66. The number of amides is 1. The van der Waals surface area contributed by atoms with E-state index in [1.54, 1.807) is 12.1 Å². The molecule has 0 aliphatic carbocycles. The van der Waals surface area contributed by atoms with Crippen LogP contribution in [-0.2, 0) is 27.1 Å². The first-order chi connectivity index (χ1) is 14.3. The fourth-order valence-electron chi connectivity index (χ4n) is 3.07. The topological polar surface area (TPSA) is 51.1 Å². The van der Waals surface area contributed by atoms with Crippen molar-refractivity contribution in [3.63, 3.8) is 0 Å². The molecule has 160 valence electrons. The van der Waals surface area contributed by atoms with Gasteiger partial charge in [-0.15, -0.1) is 0 Å². The van der Waals surface area contributed by atoms with Gasteiger partial charge in [0.05, 0.1) is 17.8 Å². The van der Waals surface area contributed by atoms with Crippen LogP contribution in [0.5, 0.6) is 0 Å². The summed E-state index contributed by atoms with van der Waals surface area (Å²) in [6.07, 6.45) is -4.44. The number of carbonyl (C=O) groups is 1. The highest BCUT2D eigenvalue weighted by atomic mass is 19.4. The van der Waals surface area contributed by atoms with E-state index >= 15 is 0 Å². The van der Waals surface area contributed by atoms with Gasteiger partial charge >= 0.3 is 6.18 Å². The predicted molar refractivity (Wildman–Crippen MR) is 101 cm³/mol. The lowest BCUT2D eigenvalue weighted by molar-refractivity contribution is -0.138. The summed E-state index contributed by atoms with van der Waals surface area (Å²) in [4.78, 5) is 19.3. The lowest BCUT2D eigenvalue weighted by Crippen LogP contribution is -2.39. The quantitative estimate of drug-likeness (QED) is 0.631. The number of benzene rings is 2. The van der Waals surface area contributed by atoms with Crippen molar-refractivity contribution in [1.82, 2.24) is 4.90 Å². The second-order valence-electron chi connectivity index (χ2n) is 6.88. The van der Waals surface area contributed by atoms with Crippen molar-refractivity contribution in [1.29, 1.82) is 0 Å². The van der Waals surface area contributed by atoms with Crippen LogP contribution in [0.3, 0.4) is 0 Å². The van der Waals surface area contributed by atoms with Crippen LogP contribution >= 0.6 is 0 Å². The zero-order valence-corrected chi connectivity index (χ0v) is 16.2. The van der Waals surface area contributed by atoms with Crippen LogP contribution in [0.15, 0.2) is 53.7 Å². The molecule has 0 saturated heterocycles. The lowest BCUT2D eigenvalue weighted by Gasteiger charge is -2.25. The Morgan fingerprint density at radius 2 is 1.83 bits per heavy atom. The SMILES string of the molecule is COCC(=O)N(Cc1ccc(C(F)(F)F)cc1)C[C@@H]1CC(c2ccc(F)cc2)=NO1. The Hall–Kier alpha value is -2.94. The van der Waals surface area contributed by atoms with Crippen LogP contribution in [0.25, 0.3) is 0 Å². The largest absolute Gasteiger partial charge is 0.416 e. The second-order valence-corrected chi connectivity index (χ2v) is 6.88. The van der Waals surface area contributed by atoms with Crippen molar-refractivity contribution in [2.24, 2.45) is 5.16 Å². The normalized spacial score (nSPS) is 16.2. The van der Waals surface area contributed by atoms with Crippen LogP contribution in [0.2, 0.25) is 0 Å². The highest BCUT2D eigenvalue weighted by molar-refractivity contribution is 6.01. The van der Waals surface area contributed by atoms with Crippen molar-refractivity contribution in [2.45, 2.75) is 25.2 Å². The van der Waals surface area contributed by atoms with E-state index in [4.69, 9.17) is 9.57 Å². The number of methoxy groups -OCH3 is 1. The Bertz CT molecular complexity index is 896. The molecular weight excluding hydrogens is 404 g/mol. The first kappa shape index (κ1) is 21.8. The molecule has 0 fully saturated rings. The van der Waals surface area contributed by atoms with Crippen molar-refractivity contribution < 1.29 is 31.9 Å². The average molecular weight is 424 g/mol. The highest BCUT2D eigenvalue weighted by Gasteiger charge is 2.30. The molecule has 0 radical (unpaired) electrons. The van der Waals surface area contributed by atoms with Gasteiger partial charge < -0.3 is 14.5 Å². The monoisotopic (exact) mass is 424 g/mol. The molecule has 1 amide bonds. The van der Waals surface area contributed by atoms with Gasteiger partial charge in [0, 0.05) is 20.1 Å². The molecule has 3 rings (SSSR count). The fourth-order valence-corrected chi connectivity index (χ4v) is 3.07. The molecule has 2 aromatic carbocycles. The Morgan fingerprint density at radius 3 is 2.43 bits per heavy atom. The standard InChI is InChI=1S/C21H20F4N2O3/c1-29-13-20(28)27(11-14-2-6-16(7-3-14)21(23,24)25)12-18-10-19(26-30-18)15-4-8-17(22)9-5-15/h2-9,18H,10-13H2,1H3/t18-/m0/s1. The molecule has 0 unspecified atom stereocenters. The van der Waals surface area contributed by atoms with E-state index in [0.717, 1.165) is 17.7 Å². The Labute approximate surface area is 170 Å². The van der Waals surface area contributed by atoms with Crippen molar-refractivity contribution in [3.8, 4) is 0 Å². The maximum atomic E-state index is 13.1. The molecule has 9 heteroatoms. The van der Waals surface area contributed by atoms with Crippen LogP contribution < -0.4 is 0 Å². The van der Waals surface area contributed by atoms with Crippen molar-refractivity contribution in [2.75, 3.05) is 20.3 Å². The molecule has 0 spiro atoms. The molecule has 30 heavy (non-hydrogen) atoms. The van der Waals surface area contributed by atoms with E-state index in [0.29, 0.717) is 17.7 Å². The van der Waals surface area contributed by atoms with Gasteiger partial charge in [-0.05, 0) is 35.4 Å². The number of ether oxygens (including phenoxy) is 1. The first-order valence-electron chi connectivity index (χ1n) is 9.17. The molecule has 0 saturated carbocycles. The van der Waals surface area contributed by atoms with E-state index in [2.05, 4.69) is 5.16 Å². The zero-order valence-electron chi connectivity index (χ0n) is 16.2. The molecule has 0 bridgehead atoms. The summed E-state index contributed by atoms with van der Waals surface area (Å²) in [5.74, 6) is -0.682. The van der Waals surface area contributed by atoms with Gasteiger partial charge in [-0.2, -0.15) is 13.2 Å². The summed E-state index contributed by atoms with van der Waals surface area (Å²) in [5, 5.41) is 4.02. The molecule has 2 aromatic rings. The van der Waals surface area contributed by atoms with E-state index in [1.165, 1.54) is 36.3 Å². The number of oxime groups is 1. The molecule has 0 aromatic heterocycles.